The van der Waals surface area contributed by atoms with E-state index in [4.69, 9.17) is 8.83 Å². The average Bonchev–Trinajstić information content (AvgIpc) is 3.39. The quantitative estimate of drug-likeness (QED) is 0.614. The van der Waals surface area contributed by atoms with Crippen LogP contribution in [0.25, 0.3) is 11.7 Å². The monoisotopic (exact) mass is 405 g/mol. The number of aryl methyl sites for hydroxylation is 1. The first kappa shape index (κ1) is 18.9. The van der Waals surface area contributed by atoms with E-state index in [9.17, 15) is 8.42 Å². The van der Waals surface area contributed by atoms with Gasteiger partial charge < -0.3 is 8.83 Å². The van der Waals surface area contributed by atoms with Gasteiger partial charge in [-0.3, -0.25) is 9.58 Å². The molecule has 1 aliphatic heterocycles. The van der Waals surface area contributed by atoms with Crippen LogP contribution in [0.4, 0.5) is 0 Å². The predicted octanol–water partition coefficient (Wildman–Crippen LogP) is 2.13. The zero-order valence-corrected chi connectivity index (χ0v) is 16.9. The van der Waals surface area contributed by atoms with Gasteiger partial charge in [-0.05, 0) is 39.4 Å². The average molecular weight is 405 g/mol. The number of nitrogens with zero attached hydrogens (tertiary/aromatic N) is 5. The van der Waals surface area contributed by atoms with E-state index in [2.05, 4.69) is 20.2 Å². The second-order valence-electron chi connectivity index (χ2n) is 7.30. The van der Waals surface area contributed by atoms with Crippen LogP contribution in [0.5, 0.6) is 0 Å². The van der Waals surface area contributed by atoms with Crippen LogP contribution in [0.3, 0.4) is 0 Å². The minimum absolute atomic E-state index is 0.0745. The maximum Gasteiger partial charge on any atom is 0.283 e. The summed E-state index contributed by atoms with van der Waals surface area (Å²) >= 11 is 0. The summed E-state index contributed by atoms with van der Waals surface area (Å²) in [6.07, 6.45) is 2.18. The van der Waals surface area contributed by atoms with Gasteiger partial charge in [0.2, 0.25) is 5.89 Å². The summed E-state index contributed by atoms with van der Waals surface area (Å²) in [5, 5.41) is 12.7. The first-order chi connectivity index (χ1) is 13.3. The molecule has 0 N–H and O–H groups in total. The second-order valence-corrected chi connectivity index (χ2v) is 9.53. The Kier molecular flexibility index (Phi) is 4.84. The summed E-state index contributed by atoms with van der Waals surface area (Å²) in [5.41, 5.74) is 3.02. The minimum Gasteiger partial charge on any atom is -0.459 e. The van der Waals surface area contributed by atoms with Crippen molar-refractivity contribution >= 4 is 9.84 Å². The molecule has 0 unspecified atom stereocenters. The van der Waals surface area contributed by atoms with Crippen LogP contribution >= 0.6 is 0 Å². The highest BCUT2D eigenvalue weighted by Gasteiger charge is 2.31. The van der Waals surface area contributed by atoms with Gasteiger partial charge in [0.05, 0.1) is 36.0 Å². The largest absolute Gasteiger partial charge is 0.459 e. The number of aromatic nitrogens is 4. The fraction of sp³-hybridized carbons (Fsp3) is 0.500. The topological polar surface area (TPSA) is 107 Å². The molecule has 4 heterocycles. The van der Waals surface area contributed by atoms with Gasteiger partial charge in [0, 0.05) is 17.8 Å². The van der Waals surface area contributed by atoms with Crippen molar-refractivity contribution in [1.82, 2.24) is 24.9 Å². The summed E-state index contributed by atoms with van der Waals surface area (Å²) in [7, 11) is -0.985. The van der Waals surface area contributed by atoms with Crippen LogP contribution in [-0.2, 0) is 22.9 Å². The molecule has 0 amide bonds. The Balaban J connectivity index is 1.45. The SMILES string of the molecule is Cc1nn([C@@H]2CCS(=O)(=O)C2)c(C)c1CN(C)Cc1nnc(-c2ccco2)o1. The zero-order valence-electron chi connectivity index (χ0n) is 16.1. The fourth-order valence-electron chi connectivity index (χ4n) is 3.62. The maximum absolute atomic E-state index is 11.8. The van der Waals surface area contributed by atoms with Gasteiger partial charge in [0.25, 0.3) is 5.89 Å². The molecular formula is C18H23N5O4S. The molecular weight excluding hydrogens is 382 g/mol. The molecule has 10 heteroatoms. The summed E-state index contributed by atoms with van der Waals surface area (Å²) < 4.78 is 36.4. The van der Waals surface area contributed by atoms with Gasteiger partial charge in [0.15, 0.2) is 15.6 Å². The molecule has 28 heavy (non-hydrogen) atoms. The summed E-state index contributed by atoms with van der Waals surface area (Å²) in [4.78, 5) is 2.06. The highest BCUT2D eigenvalue weighted by atomic mass is 32.2. The van der Waals surface area contributed by atoms with Crippen molar-refractivity contribution in [3.8, 4) is 11.7 Å². The van der Waals surface area contributed by atoms with Gasteiger partial charge in [-0.15, -0.1) is 10.2 Å². The lowest BCUT2D eigenvalue weighted by molar-refractivity contribution is 0.281. The Bertz CT molecular complexity index is 1070. The molecule has 150 valence electrons. The van der Waals surface area contributed by atoms with Crippen LogP contribution in [-0.4, -0.2) is 51.8 Å². The number of furan rings is 1. The Morgan fingerprint density at radius 3 is 2.79 bits per heavy atom. The van der Waals surface area contributed by atoms with E-state index in [-0.39, 0.29) is 17.5 Å². The van der Waals surface area contributed by atoms with Gasteiger partial charge in [-0.25, -0.2) is 8.42 Å². The summed E-state index contributed by atoms with van der Waals surface area (Å²) in [5.74, 6) is 1.80. The Morgan fingerprint density at radius 2 is 2.11 bits per heavy atom. The number of rotatable bonds is 6. The van der Waals surface area contributed by atoms with Crippen molar-refractivity contribution in [1.29, 1.82) is 0 Å². The molecule has 1 fully saturated rings. The third kappa shape index (κ3) is 3.74. The van der Waals surface area contributed by atoms with Crippen LogP contribution in [0, 0.1) is 13.8 Å². The third-order valence-corrected chi connectivity index (χ3v) is 6.81. The minimum atomic E-state index is -2.95. The summed E-state index contributed by atoms with van der Waals surface area (Å²) in [6, 6.07) is 3.46. The molecule has 0 aromatic carbocycles. The molecule has 0 radical (unpaired) electrons. The van der Waals surface area contributed by atoms with Gasteiger partial charge in [-0.2, -0.15) is 5.10 Å². The van der Waals surface area contributed by atoms with Crippen molar-refractivity contribution in [3.63, 3.8) is 0 Å². The normalized spacial score (nSPS) is 18.9. The lowest BCUT2D eigenvalue weighted by Gasteiger charge is -2.15. The first-order valence-corrected chi connectivity index (χ1v) is 10.9. The molecule has 4 rings (SSSR count). The van der Waals surface area contributed by atoms with Crippen LogP contribution < -0.4 is 0 Å². The molecule has 0 saturated carbocycles. The molecule has 0 bridgehead atoms. The first-order valence-electron chi connectivity index (χ1n) is 9.12. The Hall–Kier alpha value is -2.46. The molecule has 1 atom stereocenters. The van der Waals surface area contributed by atoms with Crippen LogP contribution in [0.15, 0.2) is 27.2 Å². The van der Waals surface area contributed by atoms with E-state index in [1.165, 1.54) is 0 Å². The molecule has 0 aliphatic carbocycles. The molecule has 0 spiro atoms. The van der Waals surface area contributed by atoms with Crippen molar-refractivity contribution in [2.75, 3.05) is 18.6 Å². The Labute approximate surface area is 163 Å². The van der Waals surface area contributed by atoms with Gasteiger partial charge in [-0.1, -0.05) is 0 Å². The lowest BCUT2D eigenvalue weighted by Crippen LogP contribution is -2.19. The summed E-state index contributed by atoms with van der Waals surface area (Å²) in [6.45, 7) is 5.08. The van der Waals surface area contributed by atoms with Gasteiger partial charge in [0.1, 0.15) is 0 Å². The van der Waals surface area contributed by atoms with Crippen molar-refractivity contribution in [3.05, 3.63) is 41.2 Å². The zero-order chi connectivity index (χ0) is 19.9. The van der Waals surface area contributed by atoms with E-state index in [1.54, 1.807) is 18.4 Å². The smallest absolute Gasteiger partial charge is 0.283 e. The Morgan fingerprint density at radius 1 is 1.29 bits per heavy atom. The second kappa shape index (κ2) is 7.17. The van der Waals surface area contributed by atoms with E-state index >= 15 is 0 Å². The third-order valence-electron chi connectivity index (χ3n) is 5.06. The van der Waals surface area contributed by atoms with Gasteiger partial charge >= 0.3 is 0 Å². The highest BCUT2D eigenvalue weighted by molar-refractivity contribution is 7.91. The van der Waals surface area contributed by atoms with Crippen molar-refractivity contribution in [2.45, 2.75) is 39.4 Å². The standard InChI is InChI=1S/C18H23N5O4S/c1-12-15(13(2)23(21-12)14-6-8-28(24,25)11-14)9-22(3)10-17-19-20-18(27-17)16-5-4-7-26-16/h4-5,7,14H,6,8-11H2,1-3H3/t14-/m1/s1. The van der Waals surface area contributed by atoms with Crippen molar-refractivity contribution < 1.29 is 17.3 Å². The molecule has 3 aromatic rings. The van der Waals surface area contributed by atoms with E-state index < -0.39 is 9.84 Å². The fourth-order valence-corrected chi connectivity index (χ4v) is 5.32. The highest BCUT2D eigenvalue weighted by Crippen LogP contribution is 2.27. The molecule has 1 saturated heterocycles. The lowest BCUT2D eigenvalue weighted by atomic mass is 10.1. The molecule has 9 nitrogen and oxygen atoms in total. The predicted molar refractivity (Wildman–Crippen MR) is 101 cm³/mol. The molecule has 1 aliphatic rings. The van der Waals surface area contributed by atoms with Crippen LogP contribution in [0.1, 0.15) is 35.3 Å². The number of sulfone groups is 1. The van der Waals surface area contributed by atoms with E-state index in [0.717, 1.165) is 17.0 Å². The van der Waals surface area contributed by atoms with E-state index in [1.807, 2.05) is 25.6 Å². The number of hydrogen-bond donors (Lipinski definition) is 0. The van der Waals surface area contributed by atoms with E-state index in [0.29, 0.717) is 37.1 Å². The maximum atomic E-state index is 11.8. The number of hydrogen-bond acceptors (Lipinski definition) is 8. The van der Waals surface area contributed by atoms with Crippen LogP contribution in [0.2, 0.25) is 0 Å². The van der Waals surface area contributed by atoms with Crippen molar-refractivity contribution in [2.24, 2.45) is 0 Å². The molecule has 3 aromatic heterocycles.